The molecule has 2 fully saturated rings. The van der Waals surface area contributed by atoms with Gasteiger partial charge in [-0.1, -0.05) is 18.2 Å². The number of carbonyl (C=O) groups excluding carboxylic acids is 3. The van der Waals surface area contributed by atoms with Crippen molar-refractivity contribution >= 4 is 17.8 Å². The monoisotopic (exact) mass is 551 g/mol. The van der Waals surface area contributed by atoms with Crippen molar-refractivity contribution in [3.63, 3.8) is 0 Å². The van der Waals surface area contributed by atoms with Crippen molar-refractivity contribution < 1.29 is 28.6 Å². The van der Waals surface area contributed by atoms with Gasteiger partial charge in [-0.2, -0.15) is 0 Å². The Balaban J connectivity index is 1.40. The molecule has 1 saturated heterocycles. The van der Waals surface area contributed by atoms with Gasteiger partial charge < -0.3 is 20.1 Å². The second-order valence-electron chi connectivity index (χ2n) is 10.5. The maximum absolute atomic E-state index is 13.5. The fourth-order valence-corrected chi connectivity index (χ4v) is 5.39. The smallest absolute Gasteiger partial charge is 0.337 e. The molecule has 2 aromatic rings. The second kappa shape index (κ2) is 13.7. The fraction of sp³-hybridized carbons (Fsp3) is 0.452. The summed E-state index contributed by atoms with van der Waals surface area (Å²) in [6.07, 6.45) is 4.59. The number of halogens is 1. The number of amides is 2. The number of ether oxygens (including phenoxy) is 1. The van der Waals surface area contributed by atoms with E-state index >= 15 is 0 Å². The number of esters is 1. The lowest BCUT2D eigenvalue weighted by molar-refractivity contribution is -0.135. The molecule has 1 saturated carbocycles. The van der Waals surface area contributed by atoms with Gasteiger partial charge in [0, 0.05) is 37.2 Å². The van der Waals surface area contributed by atoms with Crippen LogP contribution in [-0.4, -0.2) is 84.2 Å². The number of carbonyl (C=O) groups is 3. The minimum Gasteiger partial charge on any atom is -0.465 e. The predicted molar refractivity (Wildman–Crippen MR) is 149 cm³/mol. The van der Waals surface area contributed by atoms with Gasteiger partial charge >= 0.3 is 5.97 Å². The third-order valence-electron chi connectivity index (χ3n) is 7.77. The van der Waals surface area contributed by atoms with Crippen molar-refractivity contribution in [3.8, 4) is 0 Å². The van der Waals surface area contributed by atoms with Gasteiger partial charge in [-0.25, -0.2) is 9.18 Å². The third-order valence-corrected chi connectivity index (χ3v) is 7.77. The Bertz CT molecular complexity index is 1180. The number of hydrogen-bond acceptors (Lipinski definition) is 6. The van der Waals surface area contributed by atoms with Crippen LogP contribution in [0.2, 0.25) is 0 Å². The Morgan fingerprint density at radius 1 is 1.12 bits per heavy atom. The van der Waals surface area contributed by atoms with Gasteiger partial charge in [0.2, 0.25) is 5.91 Å². The highest BCUT2D eigenvalue weighted by atomic mass is 19.1. The van der Waals surface area contributed by atoms with E-state index in [0.29, 0.717) is 68.4 Å². The number of piperidine rings is 1. The summed E-state index contributed by atoms with van der Waals surface area (Å²) in [5, 5.41) is 12.8. The average molecular weight is 552 g/mol. The molecule has 0 bridgehead atoms. The van der Waals surface area contributed by atoms with Crippen LogP contribution in [0.4, 0.5) is 4.39 Å². The van der Waals surface area contributed by atoms with Crippen LogP contribution >= 0.6 is 0 Å². The van der Waals surface area contributed by atoms with Gasteiger partial charge in [-0.3, -0.25) is 14.5 Å². The van der Waals surface area contributed by atoms with E-state index in [2.05, 4.69) is 16.8 Å². The van der Waals surface area contributed by atoms with Crippen LogP contribution in [-0.2, 0) is 9.53 Å². The molecule has 40 heavy (non-hydrogen) atoms. The molecular formula is C31H38FN3O5. The van der Waals surface area contributed by atoms with Crippen molar-refractivity contribution in [3.05, 3.63) is 83.7 Å². The summed E-state index contributed by atoms with van der Waals surface area (Å²) in [5.41, 5.74) is 1.79. The Kier molecular flexibility index (Phi) is 10.1. The Hall–Kier alpha value is -3.56. The molecule has 0 spiro atoms. The summed E-state index contributed by atoms with van der Waals surface area (Å²) in [6, 6.07) is 12.4. The summed E-state index contributed by atoms with van der Waals surface area (Å²) in [5.74, 6) is -0.950. The van der Waals surface area contributed by atoms with Gasteiger partial charge in [0.1, 0.15) is 11.9 Å². The van der Waals surface area contributed by atoms with Crippen LogP contribution in [0.1, 0.15) is 64.3 Å². The van der Waals surface area contributed by atoms with Crippen molar-refractivity contribution in [1.29, 1.82) is 0 Å². The molecule has 0 aromatic heterocycles. The molecule has 1 aliphatic heterocycles. The number of hydrogen-bond donors (Lipinski definition) is 2. The molecule has 2 N–H and O–H groups in total. The molecule has 1 aliphatic carbocycles. The zero-order chi connectivity index (χ0) is 28.6. The van der Waals surface area contributed by atoms with Gasteiger partial charge in [-0.05, 0) is 80.6 Å². The highest BCUT2D eigenvalue weighted by molar-refractivity contribution is 5.98. The van der Waals surface area contributed by atoms with E-state index in [0.717, 1.165) is 18.5 Å². The number of likely N-dealkylation sites (tertiary alicyclic amines) is 1. The second-order valence-corrected chi connectivity index (χ2v) is 10.5. The van der Waals surface area contributed by atoms with Crippen LogP contribution in [0.15, 0.2) is 61.2 Å². The van der Waals surface area contributed by atoms with Gasteiger partial charge in [0.25, 0.3) is 5.91 Å². The summed E-state index contributed by atoms with van der Waals surface area (Å²) in [6.45, 7) is 6.21. The maximum Gasteiger partial charge on any atom is 0.337 e. The van der Waals surface area contributed by atoms with Crippen molar-refractivity contribution in [2.45, 2.75) is 56.2 Å². The van der Waals surface area contributed by atoms with Crippen LogP contribution in [0, 0.1) is 5.82 Å². The molecule has 2 aromatic carbocycles. The zero-order valence-corrected chi connectivity index (χ0v) is 22.9. The summed E-state index contributed by atoms with van der Waals surface area (Å²) < 4.78 is 18.1. The van der Waals surface area contributed by atoms with Crippen LogP contribution in [0.5, 0.6) is 0 Å². The Morgan fingerprint density at radius 3 is 2.40 bits per heavy atom. The molecule has 2 aliphatic rings. The molecule has 8 nitrogen and oxygen atoms in total. The average Bonchev–Trinajstić information content (AvgIpc) is 3.77. The minimum absolute atomic E-state index is 0.155. The lowest BCUT2D eigenvalue weighted by atomic mass is 10.0. The Labute approximate surface area is 234 Å². The van der Waals surface area contributed by atoms with Gasteiger partial charge in [-0.15, -0.1) is 6.58 Å². The number of methoxy groups -OCH3 is 1. The maximum atomic E-state index is 13.5. The molecule has 9 heteroatoms. The number of nitrogens with zero attached hydrogens (tertiary/aromatic N) is 2. The first kappa shape index (κ1) is 29.4. The molecule has 0 radical (unpaired) electrons. The molecule has 4 rings (SSSR count). The molecule has 2 amide bonds. The van der Waals surface area contributed by atoms with Gasteiger partial charge in [0.05, 0.1) is 18.8 Å². The number of benzene rings is 2. The highest BCUT2D eigenvalue weighted by Gasteiger charge is 2.42. The molecular weight excluding hydrogens is 513 g/mol. The standard InChI is InChI=1S/C31H38FN3O5/c1-3-16-34(28-20-26(28)21-10-12-24(32)13-11-21)17-4-5-27(30(38)35-18-14-25(36)15-19-35)33-29(37)22-6-8-23(9-7-22)31(39)40-2/h3,6-13,25-28,36H,1,4-5,14-20H2,2H3,(H,33,37)/t26-,27-,28+/m0/s1. The lowest BCUT2D eigenvalue weighted by Gasteiger charge is -2.33. The van der Waals surface area contributed by atoms with Crippen LogP contribution < -0.4 is 5.32 Å². The molecule has 3 atom stereocenters. The number of aliphatic hydroxyl groups excluding tert-OH is 1. The van der Waals surface area contributed by atoms with E-state index in [-0.39, 0.29) is 11.7 Å². The minimum atomic E-state index is -0.722. The molecule has 0 unspecified atom stereocenters. The summed E-state index contributed by atoms with van der Waals surface area (Å²) in [7, 11) is 1.29. The van der Waals surface area contributed by atoms with E-state index in [1.807, 2.05) is 18.2 Å². The lowest BCUT2D eigenvalue weighted by Crippen LogP contribution is -2.51. The highest BCUT2D eigenvalue weighted by Crippen LogP contribution is 2.44. The number of aliphatic hydroxyl groups is 1. The number of rotatable bonds is 12. The quantitative estimate of drug-likeness (QED) is 0.310. The fourth-order valence-electron chi connectivity index (χ4n) is 5.39. The van der Waals surface area contributed by atoms with E-state index < -0.39 is 24.0 Å². The summed E-state index contributed by atoms with van der Waals surface area (Å²) >= 11 is 0. The summed E-state index contributed by atoms with van der Waals surface area (Å²) in [4.78, 5) is 42.3. The predicted octanol–water partition coefficient (Wildman–Crippen LogP) is 3.52. The number of nitrogens with one attached hydrogen (secondary N) is 1. The SMILES string of the molecule is C=CCN(CCC[C@H](NC(=O)c1ccc(C(=O)OC)cc1)C(=O)N1CCC(O)CC1)[C@@H]1C[C@H]1c1ccc(F)cc1. The van der Waals surface area contributed by atoms with E-state index in [1.54, 1.807) is 4.90 Å². The largest absolute Gasteiger partial charge is 0.465 e. The third kappa shape index (κ3) is 7.55. The topological polar surface area (TPSA) is 99.2 Å². The van der Waals surface area contributed by atoms with Crippen LogP contribution in [0.25, 0.3) is 0 Å². The first-order valence-corrected chi connectivity index (χ1v) is 13.9. The molecule has 1 heterocycles. The van der Waals surface area contributed by atoms with Crippen molar-refractivity contribution in [2.75, 3.05) is 33.3 Å². The Morgan fingerprint density at radius 2 is 1.77 bits per heavy atom. The first-order valence-electron chi connectivity index (χ1n) is 13.9. The van der Waals surface area contributed by atoms with Gasteiger partial charge in [0.15, 0.2) is 0 Å². The zero-order valence-electron chi connectivity index (χ0n) is 22.9. The van der Waals surface area contributed by atoms with E-state index in [1.165, 1.54) is 43.5 Å². The van der Waals surface area contributed by atoms with E-state index in [4.69, 9.17) is 4.74 Å². The van der Waals surface area contributed by atoms with Crippen molar-refractivity contribution in [2.24, 2.45) is 0 Å². The van der Waals surface area contributed by atoms with Crippen LogP contribution in [0.3, 0.4) is 0 Å². The normalized spacial score (nSPS) is 19.6. The van der Waals surface area contributed by atoms with E-state index in [9.17, 15) is 23.9 Å². The molecule has 214 valence electrons. The van der Waals surface area contributed by atoms with Crippen molar-refractivity contribution in [1.82, 2.24) is 15.1 Å². The first-order chi connectivity index (χ1) is 19.3.